The first-order chi connectivity index (χ1) is 14.2. The summed E-state index contributed by atoms with van der Waals surface area (Å²) in [5, 5.41) is 5.71. The van der Waals surface area contributed by atoms with Crippen LogP contribution < -0.4 is 10.6 Å². The first-order valence-corrected chi connectivity index (χ1v) is 9.53. The number of alkyl carbamates (subject to hydrolysis) is 1. The molecular weight excluding hydrogens is 364 g/mol. The highest BCUT2D eigenvalue weighted by Crippen LogP contribution is 2.17. The van der Waals surface area contributed by atoms with Gasteiger partial charge in [0.1, 0.15) is 6.61 Å². The maximum Gasteiger partial charge on any atom is 0.407 e. The molecule has 5 nitrogen and oxygen atoms in total. The van der Waals surface area contributed by atoms with Crippen molar-refractivity contribution >= 4 is 12.0 Å². The number of hydrogen-bond donors (Lipinski definition) is 2. The molecule has 0 aliphatic rings. The quantitative estimate of drug-likeness (QED) is 0.602. The molecular formula is C24H24N2O3. The number of hydrogen-bond acceptors (Lipinski definition) is 3. The number of ether oxygens (including phenoxy) is 1. The van der Waals surface area contributed by atoms with Gasteiger partial charge in [-0.2, -0.15) is 0 Å². The van der Waals surface area contributed by atoms with E-state index < -0.39 is 12.1 Å². The lowest BCUT2D eigenvalue weighted by atomic mass is 10.0. The molecule has 0 spiro atoms. The lowest BCUT2D eigenvalue weighted by Gasteiger charge is -2.19. The highest BCUT2D eigenvalue weighted by Gasteiger charge is 2.19. The van der Waals surface area contributed by atoms with Crippen molar-refractivity contribution in [2.75, 3.05) is 0 Å². The van der Waals surface area contributed by atoms with Crippen molar-refractivity contribution in [1.29, 1.82) is 0 Å². The smallest absolute Gasteiger partial charge is 0.407 e. The minimum Gasteiger partial charge on any atom is -0.445 e. The topological polar surface area (TPSA) is 67.4 Å². The SMILES string of the molecule is O=C(C[C@@H](NC(=O)OCc1ccccc1)c1ccccc1)NCc1ccccc1. The van der Waals surface area contributed by atoms with Crippen LogP contribution in [0.15, 0.2) is 91.0 Å². The molecule has 0 aliphatic heterocycles. The molecule has 0 saturated heterocycles. The summed E-state index contributed by atoms with van der Waals surface area (Å²) in [7, 11) is 0. The van der Waals surface area contributed by atoms with Gasteiger partial charge in [-0.1, -0.05) is 91.0 Å². The van der Waals surface area contributed by atoms with Gasteiger partial charge in [0.05, 0.1) is 12.5 Å². The van der Waals surface area contributed by atoms with Crippen LogP contribution in [0.25, 0.3) is 0 Å². The predicted octanol–water partition coefficient (Wildman–Crippen LogP) is 4.36. The van der Waals surface area contributed by atoms with Crippen LogP contribution >= 0.6 is 0 Å². The van der Waals surface area contributed by atoms with Crippen LogP contribution in [0, 0.1) is 0 Å². The lowest BCUT2D eigenvalue weighted by Crippen LogP contribution is -2.34. The molecule has 3 aromatic rings. The van der Waals surface area contributed by atoms with E-state index in [4.69, 9.17) is 4.74 Å². The number of nitrogens with one attached hydrogen (secondary N) is 2. The van der Waals surface area contributed by atoms with Crippen LogP contribution in [-0.2, 0) is 22.7 Å². The van der Waals surface area contributed by atoms with E-state index in [1.165, 1.54) is 0 Å². The fourth-order valence-electron chi connectivity index (χ4n) is 2.90. The van der Waals surface area contributed by atoms with E-state index in [0.29, 0.717) is 6.54 Å². The Morgan fingerprint density at radius 2 is 1.31 bits per heavy atom. The van der Waals surface area contributed by atoms with Crippen LogP contribution in [0.2, 0.25) is 0 Å². The number of carbonyl (C=O) groups is 2. The molecule has 0 unspecified atom stereocenters. The van der Waals surface area contributed by atoms with Gasteiger partial charge in [-0.25, -0.2) is 4.79 Å². The second-order valence-electron chi connectivity index (χ2n) is 6.64. The molecule has 2 N–H and O–H groups in total. The van der Waals surface area contributed by atoms with Crippen LogP contribution in [0.4, 0.5) is 4.79 Å². The Balaban J connectivity index is 1.57. The summed E-state index contributed by atoms with van der Waals surface area (Å²) in [6.07, 6.45) is -0.435. The Hall–Kier alpha value is -3.60. The molecule has 0 heterocycles. The normalized spacial score (nSPS) is 11.3. The lowest BCUT2D eigenvalue weighted by molar-refractivity contribution is -0.121. The van der Waals surface area contributed by atoms with Crippen molar-refractivity contribution in [3.8, 4) is 0 Å². The van der Waals surface area contributed by atoms with Crippen LogP contribution in [0.3, 0.4) is 0 Å². The van der Waals surface area contributed by atoms with Gasteiger partial charge in [0.15, 0.2) is 0 Å². The second-order valence-corrected chi connectivity index (χ2v) is 6.64. The van der Waals surface area contributed by atoms with Gasteiger partial charge in [0.2, 0.25) is 5.91 Å². The van der Waals surface area contributed by atoms with Crippen LogP contribution in [0.5, 0.6) is 0 Å². The van der Waals surface area contributed by atoms with Crippen LogP contribution in [-0.4, -0.2) is 12.0 Å². The summed E-state index contributed by atoms with van der Waals surface area (Å²) in [6.45, 7) is 0.619. The third-order valence-electron chi connectivity index (χ3n) is 4.43. The minimum absolute atomic E-state index is 0.122. The van der Waals surface area contributed by atoms with E-state index in [1.54, 1.807) is 0 Å². The molecule has 3 aromatic carbocycles. The van der Waals surface area contributed by atoms with Crippen molar-refractivity contribution in [2.24, 2.45) is 0 Å². The highest BCUT2D eigenvalue weighted by molar-refractivity contribution is 5.78. The Kier molecular flexibility index (Phi) is 7.41. The van der Waals surface area contributed by atoms with Crippen molar-refractivity contribution < 1.29 is 14.3 Å². The fourth-order valence-corrected chi connectivity index (χ4v) is 2.90. The first kappa shape index (κ1) is 20.1. The van der Waals surface area contributed by atoms with Gasteiger partial charge in [0.25, 0.3) is 0 Å². The third kappa shape index (κ3) is 6.81. The van der Waals surface area contributed by atoms with E-state index in [1.807, 2.05) is 91.0 Å². The molecule has 0 fully saturated rings. The standard InChI is InChI=1S/C24H24N2O3/c27-23(25-17-19-10-4-1-5-11-19)16-22(21-14-8-3-9-15-21)26-24(28)29-18-20-12-6-2-7-13-20/h1-15,22H,16-18H2,(H,25,27)(H,26,28)/t22-/m1/s1. The summed E-state index contributed by atoms with van der Waals surface area (Å²) >= 11 is 0. The average molecular weight is 388 g/mol. The number of amides is 2. The van der Waals surface area contributed by atoms with Gasteiger partial charge in [0, 0.05) is 6.54 Å². The Morgan fingerprint density at radius 1 is 0.759 bits per heavy atom. The van der Waals surface area contributed by atoms with Crippen molar-refractivity contribution in [3.05, 3.63) is 108 Å². The van der Waals surface area contributed by atoms with Crippen molar-refractivity contribution in [1.82, 2.24) is 10.6 Å². The average Bonchev–Trinajstić information content (AvgIpc) is 2.78. The summed E-state index contributed by atoms with van der Waals surface area (Å²) < 4.78 is 5.31. The minimum atomic E-state index is -0.557. The Morgan fingerprint density at radius 3 is 1.93 bits per heavy atom. The number of benzene rings is 3. The highest BCUT2D eigenvalue weighted by atomic mass is 16.5. The molecule has 0 aliphatic carbocycles. The van der Waals surface area contributed by atoms with E-state index in [2.05, 4.69) is 10.6 Å². The molecule has 0 saturated carbocycles. The molecule has 0 radical (unpaired) electrons. The molecule has 0 bridgehead atoms. The number of rotatable bonds is 8. The summed E-state index contributed by atoms with van der Waals surface area (Å²) in [5.41, 5.74) is 2.77. The van der Waals surface area contributed by atoms with E-state index in [-0.39, 0.29) is 18.9 Å². The van der Waals surface area contributed by atoms with Crippen molar-refractivity contribution in [3.63, 3.8) is 0 Å². The van der Waals surface area contributed by atoms with E-state index in [9.17, 15) is 9.59 Å². The summed E-state index contributed by atoms with van der Waals surface area (Å²) in [6, 6.07) is 28.1. The van der Waals surface area contributed by atoms with E-state index >= 15 is 0 Å². The molecule has 29 heavy (non-hydrogen) atoms. The Labute approximate surface area is 170 Å². The second kappa shape index (κ2) is 10.7. The zero-order valence-corrected chi connectivity index (χ0v) is 16.1. The first-order valence-electron chi connectivity index (χ1n) is 9.53. The zero-order valence-electron chi connectivity index (χ0n) is 16.1. The van der Waals surface area contributed by atoms with Crippen LogP contribution in [0.1, 0.15) is 29.2 Å². The monoisotopic (exact) mass is 388 g/mol. The maximum absolute atomic E-state index is 12.5. The van der Waals surface area contributed by atoms with Gasteiger partial charge < -0.3 is 15.4 Å². The molecule has 148 valence electrons. The van der Waals surface area contributed by atoms with Gasteiger partial charge in [-0.15, -0.1) is 0 Å². The fraction of sp³-hybridized carbons (Fsp3) is 0.167. The summed E-state index contributed by atoms with van der Waals surface area (Å²) in [4.78, 5) is 24.8. The predicted molar refractivity (Wildman–Crippen MR) is 112 cm³/mol. The largest absolute Gasteiger partial charge is 0.445 e. The molecule has 1 atom stereocenters. The molecule has 5 heteroatoms. The van der Waals surface area contributed by atoms with E-state index in [0.717, 1.165) is 16.7 Å². The Bertz CT molecular complexity index is 842. The molecule has 3 rings (SSSR count). The zero-order chi connectivity index (χ0) is 20.3. The molecule has 2 amide bonds. The van der Waals surface area contributed by atoms with Gasteiger partial charge in [-0.3, -0.25) is 4.79 Å². The maximum atomic E-state index is 12.5. The van der Waals surface area contributed by atoms with Gasteiger partial charge in [-0.05, 0) is 16.7 Å². The molecule has 0 aromatic heterocycles. The van der Waals surface area contributed by atoms with Crippen molar-refractivity contribution in [2.45, 2.75) is 25.6 Å². The summed E-state index contributed by atoms with van der Waals surface area (Å²) in [5.74, 6) is -0.147. The third-order valence-corrected chi connectivity index (χ3v) is 4.43. The van der Waals surface area contributed by atoms with Gasteiger partial charge >= 0.3 is 6.09 Å². The number of carbonyl (C=O) groups excluding carboxylic acids is 2.